The molecule has 5 heteroatoms. The first-order valence-electron chi connectivity index (χ1n) is 5.16. The topological polar surface area (TPSA) is 57.9 Å². The van der Waals surface area contributed by atoms with E-state index in [1.165, 1.54) is 0 Å². The predicted molar refractivity (Wildman–Crippen MR) is 66.3 cm³/mol. The Hall–Kier alpha value is -1.17. The highest BCUT2D eigenvalue weighted by atomic mass is 32.1. The molecule has 0 bridgehead atoms. The average Bonchev–Trinajstić information content (AvgIpc) is 2.88. The molecule has 2 heterocycles. The average molecular weight is 236 g/mol. The molecule has 0 aliphatic rings. The van der Waals surface area contributed by atoms with Crippen LogP contribution in [-0.4, -0.2) is 29.0 Å². The molecule has 0 aromatic carbocycles. The van der Waals surface area contributed by atoms with Crippen LogP contribution in [-0.2, 0) is 6.54 Å². The number of rotatable bonds is 4. The Bertz CT molecular complexity index is 433. The Kier molecular flexibility index (Phi) is 3.38. The van der Waals surface area contributed by atoms with Crippen molar-refractivity contribution >= 4 is 11.3 Å². The van der Waals surface area contributed by atoms with Gasteiger partial charge in [-0.1, -0.05) is 0 Å². The van der Waals surface area contributed by atoms with Crippen molar-refractivity contribution in [2.75, 3.05) is 14.1 Å². The number of nitrogens with two attached hydrogens (primary N) is 1. The lowest BCUT2D eigenvalue weighted by Gasteiger charge is -2.21. The summed E-state index contributed by atoms with van der Waals surface area (Å²) < 4.78 is 0. The minimum Gasteiger partial charge on any atom is -0.363 e. The predicted octanol–water partition coefficient (Wildman–Crippen LogP) is 1.58. The Morgan fingerprint density at radius 2 is 2.38 bits per heavy atom. The van der Waals surface area contributed by atoms with Gasteiger partial charge in [-0.05, 0) is 26.2 Å². The lowest BCUT2D eigenvalue weighted by Crippen LogP contribution is -2.21. The highest BCUT2D eigenvalue weighted by molar-refractivity contribution is 7.09. The molecule has 0 saturated heterocycles. The number of nitrogens with one attached hydrogen (secondary N) is 1. The summed E-state index contributed by atoms with van der Waals surface area (Å²) in [6.07, 6.45) is 1.93. The van der Waals surface area contributed by atoms with Crippen molar-refractivity contribution in [1.29, 1.82) is 0 Å². The van der Waals surface area contributed by atoms with Gasteiger partial charge in [-0.3, -0.25) is 4.90 Å². The summed E-state index contributed by atoms with van der Waals surface area (Å²) in [5.41, 5.74) is 7.69. The summed E-state index contributed by atoms with van der Waals surface area (Å²) in [6, 6.07) is 4.26. The SMILES string of the molecule is CN(C)C(c1ccc[nH]1)c1nc(CN)cs1. The van der Waals surface area contributed by atoms with Crippen LogP contribution in [0.3, 0.4) is 0 Å². The molecule has 0 aliphatic carbocycles. The molecule has 16 heavy (non-hydrogen) atoms. The van der Waals surface area contributed by atoms with Crippen molar-refractivity contribution in [2.24, 2.45) is 5.73 Å². The van der Waals surface area contributed by atoms with Gasteiger partial charge < -0.3 is 10.7 Å². The third-order valence-electron chi connectivity index (χ3n) is 2.45. The monoisotopic (exact) mass is 236 g/mol. The lowest BCUT2D eigenvalue weighted by molar-refractivity contribution is 0.336. The quantitative estimate of drug-likeness (QED) is 0.847. The largest absolute Gasteiger partial charge is 0.363 e. The Morgan fingerprint density at radius 1 is 1.56 bits per heavy atom. The third kappa shape index (κ3) is 2.16. The molecule has 1 unspecified atom stereocenters. The van der Waals surface area contributed by atoms with E-state index in [1.54, 1.807) is 11.3 Å². The van der Waals surface area contributed by atoms with E-state index in [4.69, 9.17) is 5.73 Å². The normalized spacial score (nSPS) is 13.2. The maximum Gasteiger partial charge on any atom is 0.116 e. The molecule has 0 saturated carbocycles. The van der Waals surface area contributed by atoms with E-state index >= 15 is 0 Å². The maximum atomic E-state index is 5.58. The lowest BCUT2D eigenvalue weighted by atomic mass is 10.2. The smallest absolute Gasteiger partial charge is 0.116 e. The summed E-state index contributed by atoms with van der Waals surface area (Å²) in [6.45, 7) is 0.501. The molecule has 3 N–H and O–H groups in total. The van der Waals surface area contributed by atoms with Crippen LogP contribution in [0.25, 0.3) is 0 Å². The zero-order valence-corrected chi connectivity index (χ0v) is 10.3. The minimum absolute atomic E-state index is 0.181. The number of hydrogen-bond acceptors (Lipinski definition) is 4. The molecule has 2 aromatic rings. The van der Waals surface area contributed by atoms with Crippen molar-refractivity contribution in [3.63, 3.8) is 0 Å². The molecule has 0 amide bonds. The zero-order valence-electron chi connectivity index (χ0n) is 9.47. The van der Waals surface area contributed by atoms with Crippen molar-refractivity contribution < 1.29 is 0 Å². The first-order chi connectivity index (χ1) is 7.72. The molecule has 0 spiro atoms. The van der Waals surface area contributed by atoms with Crippen LogP contribution in [0.5, 0.6) is 0 Å². The first kappa shape index (κ1) is 11.3. The van der Waals surface area contributed by atoms with Crippen molar-refractivity contribution in [3.05, 3.63) is 40.1 Å². The fourth-order valence-corrected chi connectivity index (χ4v) is 2.73. The Labute approximate surface area is 99.1 Å². The number of H-pyrrole nitrogens is 1. The van der Waals surface area contributed by atoms with Crippen molar-refractivity contribution in [3.8, 4) is 0 Å². The van der Waals surface area contributed by atoms with E-state index in [-0.39, 0.29) is 6.04 Å². The second-order valence-electron chi connectivity index (χ2n) is 3.87. The van der Waals surface area contributed by atoms with Gasteiger partial charge in [0.1, 0.15) is 11.0 Å². The van der Waals surface area contributed by atoms with E-state index < -0.39 is 0 Å². The third-order valence-corrected chi connectivity index (χ3v) is 3.39. The van der Waals surface area contributed by atoms with Gasteiger partial charge in [-0.25, -0.2) is 4.98 Å². The molecule has 0 fully saturated rings. The Balaban J connectivity index is 2.33. The van der Waals surface area contributed by atoms with Gasteiger partial charge in [-0.2, -0.15) is 0 Å². The fraction of sp³-hybridized carbons (Fsp3) is 0.364. The highest BCUT2D eigenvalue weighted by Gasteiger charge is 2.20. The summed E-state index contributed by atoms with van der Waals surface area (Å²) in [5.74, 6) is 0. The maximum absolute atomic E-state index is 5.58. The van der Waals surface area contributed by atoms with Gasteiger partial charge in [0.05, 0.1) is 5.69 Å². The summed E-state index contributed by atoms with van der Waals surface area (Å²) >= 11 is 1.66. The number of hydrogen-bond donors (Lipinski definition) is 2. The van der Waals surface area contributed by atoms with Crippen LogP contribution in [0.4, 0.5) is 0 Å². The van der Waals surface area contributed by atoms with E-state index in [2.05, 4.69) is 35.0 Å². The molecule has 2 rings (SSSR count). The van der Waals surface area contributed by atoms with Gasteiger partial charge in [0.2, 0.25) is 0 Å². The molecule has 0 radical (unpaired) electrons. The standard InChI is InChI=1S/C11H16N4S/c1-15(2)10(9-4-3-5-13-9)11-14-8(6-12)7-16-11/h3-5,7,10,13H,6,12H2,1-2H3. The van der Waals surface area contributed by atoms with E-state index in [0.717, 1.165) is 16.4 Å². The van der Waals surface area contributed by atoms with Crippen molar-refractivity contribution in [1.82, 2.24) is 14.9 Å². The van der Waals surface area contributed by atoms with Crippen LogP contribution >= 0.6 is 11.3 Å². The minimum atomic E-state index is 0.181. The van der Waals surface area contributed by atoms with Crippen LogP contribution in [0.15, 0.2) is 23.7 Å². The van der Waals surface area contributed by atoms with Gasteiger partial charge in [0, 0.05) is 23.8 Å². The second-order valence-corrected chi connectivity index (χ2v) is 4.76. The van der Waals surface area contributed by atoms with E-state index in [9.17, 15) is 0 Å². The zero-order chi connectivity index (χ0) is 11.5. The molecule has 86 valence electrons. The van der Waals surface area contributed by atoms with Crippen LogP contribution in [0.2, 0.25) is 0 Å². The molecule has 0 aliphatic heterocycles. The summed E-state index contributed by atoms with van der Waals surface area (Å²) in [7, 11) is 4.10. The van der Waals surface area contributed by atoms with Crippen LogP contribution < -0.4 is 5.73 Å². The van der Waals surface area contributed by atoms with Gasteiger partial charge in [0.15, 0.2) is 0 Å². The highest BCUT2D eigenvalue weighted by Crippen LogP contribution is 2.27. The van der Waals surface area contributed by atoms with E-state index in [1.807, 2.05) is 17.6 Å². The Morgan fingerprint density at radius 3 is 2.88 bits per heavy atom. The number of aromatic nitrogens is 2. The van der Waals surface area contributed by atoms with E-state index in [0.29, 0.717) is 6.54 Å². The van der Waals surface area contributed by atoms with Crippen molar-refractivity contribution in [2.45, 2.75) is 12.6 Å². The second kappa shape index (κ2) is 4.78. The fourth-order valence-electron chi connectivity index (χ4n) is 1.69. The molecular weight excluding hydrogens is 220 g/mol. The summed E-state index contributed by atoms with van der Waals surface area (Å²) in [5, 5.41) is 3.10. The van der Waals surface area contributed by atoms with Crippen LogP contribution in [0.1, 0.15) is 22.4 Å². The summed E-state index contributed by atoms with van der Waals surface area (Å²) in [4.78, 5) is 9.92. The molecule has 4 nitrogen and oxygen atoms in total. The number of nitrogens with zero attached hydrogens (tertiary/aromatic N) is 2. The molecule has 1 atom stereocenters. The van der Waals surface area contributed by atoms with Gasteiger partial charge >= 0.3 is 0 Å². The molecule has 2 aromatic heterocycles. The number of aromatic amines is 1. The van der Waals surface area contributed by atoms with Gasteiger partial charge in [0.25, 0.3) is 0 Å². The molecular formula is C11H16N4S. The first-order valence-corrected chi connectivity index (χ1v) is 6.04. The number of thiazole rings is 1. The van der Waals surface area contributed by atoms with Gasteiger partial charge in [-0.15, -0.1) is 11.3 Å². The van der Waals surface area contributed by atoms with Crippen LogP contribution in [0, 0.1) is 0 Å².